The molecule has 6 nitrogen and oxygen atoms in total. The number of fused-ring (bicyclic) bond motifs is 3. The van der Waals surface area contributed by atoms with Gasteiger partial charge in [0.05, 0.1) is 27.8 Å². The maximum Gasteiger partial charge on any atom is 0.250 e. The van der Waals surface area contributed by atoms with E-state index in [2.05, 4.69) is 40.0 Å². The smallest absolute Gasteiger partial charge is 0.250 e. The van der Waals surface area contributed by atoms with Crippen molar-refractivity contribution in [3.8, 4) is 11.3 Å². The van der Waals surface area contributed by atoms with Crippen molar-refractivity contribution < 1.29 is 4.79 Å². The molecule has 5 rings (SSSR count). The van der Waals surface area contributed by atoms with Crippen molar-refractivity contribution in [3.05, 3.63) is 53.9 Å². The van der Waals surface area contributed by atoms with Crippen molar-refractivity contribution >= 4 is 33.5 Å². The summed E-state index contributed by atoms with van der Waals surface area (Å²) in [7, 11) is 0. The summed E-state index contributed by atoms with van der Waals surface area (Å²) in [5.41, 5.74) is 12.3. The molecule has 4 heterocycles. The van der Waals surface area contributed by atoms with Crippen LogP contribution in [-0.2, 0) is 0 Å². The Labute approximate surface area is 175 Å². The summed E-state index contributed by atoms with van der Waals surface area (Å²) < 4.78 is 0. The Morgan fingerprint density at radius 2 is 2.07 bits per heavy atom. The van der Waals surface area contributed by atoms with Crippen LogP contribution in [0.3, 0.4) is 0 Å². The largest absolute Gasteiger partial charge is 0.369 e. The Hall–Kier alpha value is -3.41. The number of anilines is 1. The minimum atomic E-state index is -0.472. The highest BCUT2D eigenvalue weighted by molar-refractivity contribution is 6.14. The number of benzene rings is 1. The van der Waals surface area contributed by atoms with Gasteiger partial charge in [0.2, 0.25) is 0 Å². The van der Waals surface area contributed by atoms with Crippen molar-refractivity contribution in [1.82, 2.24) is 15.0 Å². The Bertz CT molecular complexity index is 1260. The van der Waals surface area contributed by atoms with Gasteiger partial charge in [0.1, 0.15) is 0 Å². The highest BCUT2D eigenvalue weighted by Gasteiger charge is 2.21. The number of hydrogen-bond donors (Lipinski definition) is 2. The topological polar surface area (TPSA) is 87.9 Å². The van der Waals surface area contributed by atoms with Gasteiger partial charge in [0, 0.05) is 41.1 Å². The lowest BCUT2D eigenvalue weighted by molar-refractivity contribution is 0.100. The van der Waals surface area contributed by atoms with Crippen LogP contribution < -0.4 is 10.6 Å². The lowest BCUT2D eigenvalue weighted by atomic mass is 10.0. The number of aromatic nitrogens is 3. The number of rotatable bonds is 3. The van der Waals surface area contributed by atoms with E-state index in [1.54, 1.807) is 12.3 Å². The number of aryl methyl sites for hydroxylation is 1. The number of nitrogens with one attached hydrogen (secondary N) is 1. The van der Waals surface area contributed by atoms with E-state index in [1.807, 2.05) is 19.1 Å². The van der Waals surface area contributed by atoms with Gasteiger partial charge >= 0.3 is 0 Å². The lowest BCUT2D eigenvalue weighted by Crippen LogP contribution is -2.37. The fraction of sp³-hybridized carbons (Fsp3) is 0.292. The average Bonchev–Trinajstić information content (AvgIpc) is 3.11. The summed E-state index contributed by atoms with van der Waals surface area (Å²) in [6.07, 6.45) is 5.50. The Morgan fingerprint density at radius 3 is 2.80 bits per heavy atom. The van der Waals surface area contributed by atoms with E-state index >= 15 is 0 Å². The third-order valence-corrected chi connectivity index (χ3v) is 6.14. The molecule has 3 N–H and O–H groups in total. The van der Waals surface area contributed by atoms with Crippen LogP contribution in [0.4, 0.5) is 5.69 Å². The second kappa shape index (κ2) is 7.13. The van der Waals surface area contributed by atoms with Crippen molar-refractivity contribution in [2.45, 2.75) is 39.2 Å². The van der Waals surface area contributed by atoms with Crippen LogP contribution in [0.15, 0.2) is 42.6 Å². The first kappa shape index (κ1) is 18.6. The predicted molar refractivity (Wildman–Crippen MR) is 121 cm³/mol. The first-order valence-corrected chi connectivity index (χ1v) is 10.5. The van der Waals surface area contributed by atoms with Crippen LogP contribution >= 0.6 is 0 Å². The molecule has 1 fully saturated rings. The molecule has 3 aromatic heterocycles. The molecule has 0 saturated carbocycles. The van der Waals surface area contributed by atoms with E-state index in [1.165, 1.54) is 24.9 Å². The Morgan fingerprint density at radius 1 is 1.20 bits per heavy atom. The predicted octanol–water partition coefficient (Wildman–Crippen LogP) is 4.56. The van der Waals surface area contributed by atoms with Crippen LogP contribution in [0, 0.1) is 6.92 Å². The van der Waals surface area contributed by atoms with E-state index in [0.29, 0.717) is 22.8 Å². The van der Waals surface area contributed by atoms with Crippen LogP contribution in [0.5, 0.6) is 0 Å². The van der Waals surface area contributed by atoms with E-state index in [0.717, 1.165) is 34.2 Å². The fourth-order valence-corrected chi connectivity index (χ4v) is 4.47. The van der Waals surface area contributed by atoms with E-state index in [-0.39, 0.29) is 0 Å². The Balaban J connectivity index is 1.69. The van der Waals surface area contributed by atoms with Crippen LogP contribution in [0.1, 0.15) is 42.2 Å². The molecule has 6 heteroatoms. The zero-order valence-electron chi connectivity index (χ0n) is 17.3. The van der Waals surface area contributed by atoms with Gasteiger partial charge in [0.15, 0.2) is 0 Å². The zero-order chi connectivity index (χ0) is 20.8. The zero-order valence-corrected chi connectivity index (χ0v) is 17.3. The molecule has 1 unspecified atom stereocenters. The van der Waals surface area contributed by atoms with Gasteiger partial charge in [-0.25, -0.2) is 4.98 Å². The van der Waals surface area contributed by atoms with Gasteiger partial charge in [-0.05, 0) is 69.5 Å². The number of amides is 1. The molecule has 0 spiro atoms. The maximum atomic E-state index is 12.2. The van der Waals surface area contributed by atoms with Crippen molar-refractivity contribution in [1.29, 1.82) is 0 Å². The molecule has 1 aliphatic heterocycles. The number of nitrogens with two attached hydrogens (primary N) is 1. The number of pyridine rings is 2. The normalized spacial score (nSPS) is 17.0. The minimum Gasteiger partial charge on any atom is -0.369 e. The summed E-state index contributed by atoms with van der Waals surface area (Å²) in [6.45, 7) is 5.29. The number of H-pyrrole nitrogens is 1. The summed E-state index contributed by atoms with van der Waals surface area (Å²) in [5, 5.41) is 0.989. The quantitative estimate of drug-likeness (QED) is 0.528. The first-order chi connectivity index (χ1) is 14.5. The van der Waals surface area contributed by atoms with Crippen LogP contribution in [0.25, 0.3) is 33.2 Å². The van der Waals surface area contributed by atoms with Crippen molar-refractivity contribution in [2.75, 3.05) is 11.4 Å². The fourth-order valence-electron chi connectivity index (χ4n) is 4.47. The van der Waals surface area contributed by atoms with Crippen molar-refractivity contribution in [2.24, 2.45) is 5.73 Å². The molecule has 1 saturated heterocycles. The number of nitrogens with zero attached hydrogens (tertiary/aromatic N) is 3. The van der Waals surface area contributed by atoms with E-state index < -0.39 is 5.91 Å². The van der Waals surface area contributed by atoms with Gasteiger partial charge in [-0.15, -0.1) is 0 Å². The molecule has 152 valence electrons. The van der Waals surface area contributed by atoms with E-state index in [4.69, 9.17) is 10.7 Å². The summed E-state index contributed by atoms with van der Waals surface area (Å²) in [4.78, 5) is 27.3. The van der Waals surface area contributed by atoms with Gasteiger partial charge in [0.25, 0.3) is 5.91 Å². The highest BCUT2D eigenvalue weighted by Crippen LogP contribution is 2.33. The second-order valence-electron chi connectivity index (χ2n) is 8.22. The van der Waals surface area contributed by atoms with Gasteiger partial charge in [-0.2, -0.15) is 0 Å². The molecule has 1 aromatic carbocycles. The number of hydrogen-bond acceptors (Lipinski definition) is 4. The van der Waals surface area contributed by atoms with Crippen LogP contribution in [0.2, 0.25) is 0 Å². The molecule has 1 aliphatic rings. The third kappa shape index (κ3) is 3.09. The number of aromatic amines is 1. The monoisotopic (exact) mass is 399 g/mol. The lowest BCUT2D eigenvalue weighted by Gasteiger charge is -2.35. The van der Waals surface area contributed by atoms with Gasteiger partial charge < -0.3 is 15.6 Å². The van der Waals surface area contributed by atoms with Crippen molar-refractivity contribution in [3.63, 3.8) is 0 Å². The molecular weight excluding hydrogens is 374 g/mol. The molecule has 0 bridgehead atoms. The first-order valence-electron chi connectivity index (χ1n) is 10.5. The summed E-state index contributed by atoms with van der Waals surface area (Å²) in [5.74, 6) is -0.472. The molecule has 1 amide bonds. The third-order valence-electron chi connectivity index (χ3n) is 6.14. The average molecular weight is 399 g/mol. The minimum absolute atomic E-state index is 0.444. The molecule has 1 atom stereocenters. The summed E-state index contributed by atoms with van der Waals surface area (Å²) in [6, 6.07) is 12.6. The molecule has 0 radical (unpaired) electrons. The number of piperidine rings is 1. The maximum absolute atomic E-state index is 12.2. The molecule has 30 heavy (non-hydrogen) atoms. The standard InChI is InChI=1S/C24H25N5O/c1-14-6-7-16(13-26-14)20-12-19(24(25)30)23-22(27-20)18-9-8-17(11-21(18)28-23)29-10-4-3-5-15(29)2/h6-9,11-13,15,28H,3-5,10H2,1-2H3,(H2,25,30). The highest BCUT2D eigenvalue weighted by atomic mass is 16.1. The Kier molecular flexibility index (Phi) is 4.42. The van der Waals surface area contributed by atoms with Gasteiger partial charge in [-0.3, -0.25) is 9.78 Å². The van der Waals surface area contributed by atoms with E-state index in [9.17, 15) is 4.79 Å². The number of carbonyl (C=O) groups excluding carboxylic acids is 1. The van der Waals surface area contributed by atoms with Crippen LogP contribution in [-0.4, -0.2) is 33.4 Å². The summed E-state index contributed by atoms with van der Waals surface area (Å²) >= 11 is 0. The SMILES string of the molecule is Cc1ccc(-c2cc(C(N)=O)c3[nH]c4cc(N5CCCCC5C)ccc4c3n2)cn1. The molecule has 0 aliphatic carbocycles. The molecule has 4 aromatic rings. The van der Waals surface area contributed by atoms with Gasteiger partial charge in [-0.1, -0.05) is 0 Å². The number of carbonyl (C=O) groups is 1. The second-order valence-corrected chi connectivity index (χ2v) is 8.22. The molecular formula is C24H25N5O. The number of primary amides is 1.